The van der Waals surface area contributed by atoms with Gasteiger partial charge in [0.25, 0.3) is 0 Å². The highest BCUT2D eigenvalue weighted by atomic mass is 16.2. The van der Waals surface area contributed by atoms with E-state index in [1.54, 1.807) is 12.2 Å². The summed E-state index contributed by atoms with van der Waals surface area (Å²) in [6, 6.07) is -0.335. The number of amides is 2. The van der Waals surface area contributed by atoms with Gasteiger partial charge in [-0.1, -0.05) is 24.8 Å². The average molecular weight is 220 g/mol. The maximum atomic E-state index is 11.5. The third-order valence-electron chi connectivity index (χ3n) is 2.30. The normalized spacial score (nSPS) is 22.1. The van der Waals surface area contributed by atoms with Gasteiger partial charge in [-0.2, -0.15) is 0 Å². The third-order valence-corrected chi connectivity index (χ3v) is 2.30. The summed E-state index contributed by atoms with van der Waals surface area (Å²) in [6.45, 7) is 5.45. The number of nitrogens with one attached hydrogen (secondary N) is 2. The molecule has 1 unspecified atom stereocenters. The zero-order valence-electron chi connectivity index (χ0n) is 9.32. The van der Waals surface area contributed by atoms with Gasteiger partial charge in [-0.05, 0) is 19.4 Å². The summed E-state index contributed by atoms with van der Waals surface area (Å²) in [7, 11) is 0. The SMILES string of the molecule is C=C/C=C\C(=C/C)NC1CCC(=O)NC1=O. The Morgan fingerprint density at radius 1 is 1.56 bits per heavy atom. The largest absolute Gasteiger partial charge is 0.374 e. The average Bonchev–Trinajstić information content (AvgIpc) is 2.27. The molecule has 2 N–H and O–H groups in total. The van der Waals surface area contributed by atoms with Gasteiger partial charge < -0.3 is 5.32 Å². The van der Waals surface area contributed by atoms with Gasteiger partial charge in [0.1, 0.15) is 6.04 Å². The Kier molecular flexibility index (Phi) is 4.51. The number of imide groups is 1. The molecule has 16 heavy (non-hydrogen) atoms. The first-order valence-electron chi connectivity index (χ1n) is 5.23. The van der Waals surface area contributed by atoms with Crippen LogP contribution in [0.5, 0.6) is 0 Å². The number of piperidine rings is 1. The van der Waals surface area contributed by atoms with E-state index in [1.807, 2.05) is 19.1 Å². The molecule has 0 aliphatic carbocycles. The van der Waals surface area contributed by atoms with Gasteiger partial charge in [0.2, 0.25) is 11.8 Å². The lowest BCUT2D eigenvalue weighted by molar-refractivity contribution is -0.134. The molecule has 1 rings (SSSR count). The molecule has 0 radical (unpaired) electrons. The van der Waals surface area contributed by atoms with Crippen molar-refractivity contribution in [3.63, 3.8) is 0 Å². The lowest BCUT2D eigenvalue weighted by atomic mass is 10.1. The molecule has 86 valence electrons. The van der Waals surface area contributed by atoms with Crippen molar-refractivity contribution in [1.82, 2.24) is 10.6 Å². The molecule has 4 nitrogen and oxygen atoms in total. The number of hydrogen-bond donors (Lipinski definition) is 2. The Morgan fingerprint density at radius 2 is 2.31 bits per heavy atom. The van der Waals surface area contributed by atoms with Gasteiger partial charge in [-0.3, -0.25) is 14.9 Å². The van der Waals surface area contributed by atoms with Crippen LogP contribution in [0.4, 0.5) is 0 Å². The fourth-order valence-corrected chi connectivity index (χ4v) is 1.43. The lowest BCUT2D eigenvalue weighted by Gasteiger charge is -2.23. The van der Waals surface area contributed by atoms with Crippen molar-refractivity contribution in [2.24, 2.45) is 0 Å². The van der Waals surface area contributed by atoms with Gasteiger partial charge in [-0.25, -0.2) is 0 Å². The minimum atomic E-state index is -0.335. The molecule has 1 atom stereocenters. The predicted octanol–water partition coefficient (Wildman–Crippen LogP) is 1.03. The summed E-state index contributed by atoms with van der Waals surface area (Å²) in [5.41, 5.74) is 0.842. The van der Waals surface area contributed by atoms with E-state index in [9.17, 15) is 9.59 Å². The molecule has 1 fully saturated rings. The first-order valence-corrected chi connectivity index (χ1v) is 5.23. The number of allylic oxidation sites excluding steroid dienone is 4. The van der Waals surface area contributed by atoms with E-state index in [-0.39, 0.29) is 17.9 Å². The zero-order valence-corrected chi connectivity index (χ0v) is 9.32. The standard InChI is InChI=1S/C12H16N2O2/c1-3-5-6-9(4-2)13-10-7-8-11(15)14-12(10)16/h3-6,10,13H,1,7-8H2,2H3,(H,14,15,16)/b6-5-,9-4+. The van der Waals surface area contributed by atoms with E-state index in [0.29, 0.717) is 12.8 Å². The lowest BCUT2D eigenvalue weighted by Crippen LogP contribution is -2.50. The molecule has 0 aromatic carbocycles. The van der Waals surface area contributed by atoms with Crippen LogP contribution in [0.1, 0.15) is 19.8 Å². The quantitative estimate of drug-likeness (QED) is 0.549. The molecule has 0 spiro atoms. The summed E-state index contributed by atoms with van der Waals surface area (Å²) in [6.07, 6.45) is 8.06. The monoisotopic (exact) mass is 220 g/mol. The molecular weight excluding hydrogens is 204 g/mol. The Bertz CT molecular complexity index is 356. The van der Waals surface area contributed by atoms with E-state index in [4.69, 9.17) is 0 Å². The molecule has 0 aromatic heterocycles. The fourth-order valence-electron chi connectivity index (χ4n) is 1.43. The fraction of sp³-hybridized carbons (Fsp3) is 0.333. The highest BCUT2D eigenvalue weighted by molar-refractivity contribution is 6.00. The van der Waals surface area contributed by atoms with Gasteiger partial charge in [0, 0.05) is 12.1 Å². The van der Waals surface area contributed by atoms with Crippen molar-refractivity contribution >= 4 is 11.8 Å². The summed E-state index contributed by atoms with van der Waals surface area (Å²) in [5, 5.41) is 5.38. The van der Waals surface area contributed by atoms with Gasteiger partial charge >= 0.3 is 0 Å². The smallest absolute Gasteiger partial charge is 0.249 e. The Balaban J connectivity index is 2.59. The number of carbonyl (C=O) groups excluding carboxylic acids is 2. The van der Waals surface area contributed by atoms with Crippen molar-refractivity contribution < 1.29 is 9.59 Å². The highest BCUT2D eigenvalue weighted by Crippen LogP contribution is 2.07. The second-order valence-corrected chi connectivity index (χ2v) is 3.49. The van der Waals surface area contributed by atoms with Gasteiger partial charge in [-0.15, -0.1) is 0 Å². The van der Waals surface area contributed by atoms with Gasteiger partial charge in [0.15, 0.2) is 0 Å². The van der Waals surface area contributed by atoms with E-state index >= 15 is 0 Å². The summed E-state index contributed by atoms with van der Waals surface area (Å²) in [4.78, 5) is 22.4. The highest BCUT2D eigenvalue weighted by Gasteiger charge is 2.26. The molecule has 0 saturated carbocycles. The van der Waals surface area contributed by atoms with Crippen LogP contribution >= 0.6 is 0 Å². The molecule has 2 amide bonds. The maximum Gasteiger partial charge on any atom is 0.249 e. The minimum absolute atomic E-state index is 0.202. The second kappa shape index (κ2) is 5.90. The third kappa shape index (κ3) is 3.38. The van der Waals surface area contributed by atoms with E-state index in [1.165, 1.54) is 0 Å². The zero-order chi connectivity index (χ0) is 12.0. The van der Waals surface area contributed by atoms with Crippen LogP contribution < -0.4 is 10.6 Å². The molecule has 4 heteroatoms. The summed E-state index contributed by atoms with van der Waals surface area (Å²) >= 11 is 0. The Morgan fingerprint density at radius 3 is 2.88 bits per heavy atom. The van der Waals surface area contributed by atoms with Crippen molar-refractivity contribution in [3.05, 3.63) is 36.6 Å². The Hall–Kier alpha value is -1.84. The van der Waals surface area contributed by atoms with E-state index in [0.717, 1.165) is 5.70 Å². The van der Waals surface area contributed by atoms with Crippen LogP contribution in [0, 0.1) is 0 Å². The molecule has 1 aliphatic rings. The molecule has 0 aromatic rings. The van der Waals surface area contributed by atoms with Crippen molar-refractivity contribution in [2.45, 2.75) is 25.8 Å². The Labute approximate surface area is 95.1 Å². The van der Waals surface area contributed by atoms with E-state index < -0.39 is 0 Å². The first-order chi connectivity index (χ1) is 7.67. The van der Waals surface area contributed by atoms with Crippen LogP contribution in [0.2, 0.25) is 0 Å². The number of rotatable bonds is 4. The maximum absolute atomic E-state index is 11.5. The van der Waals surface area contributed by atoms with Crippen LogP contribution in [0.25, 0.3) is 0 Å². The number of hydrogen-bond acceptors (Lipinski definition) is 3. The van der Waals surface area contributed by atoms with Crippen molar-refractivity contribution in [2.75, 3.05) is 0 Å². The summed E-state index contributed by atoms with van der Waals surface area (Å²) < 4.78 is 0. The minimum Gasteiger partial charge on any atom is -0.374 e. The predicted molar refractivity (Wildman–Crippen MR) is 62.4 cm³/mol. The molecular formula is C12H16N2O2. The first kappa shape index (κ1) is 12.2. The van der Waals surface area contributed by atoms with Crippen LogP contribution in [-0.2, 0) is 9.59 Å². The molecule has 1 saturated heterocycles. The molecule has 1 heterocycles. The van der Waals surface area contributed by atoms with Crippen molar-refractivity contribution in [1.29, 1.82) is 0 Å². The van der Waals surface area contributed by atoms with Gasteiger partial charge in [0.05, 0.1) is 0 Å². The molecule has 0 bridgehead atoms. The van der Waals surface area contributed by atoms with Crippen molar-refractivity contribution in [3.8, 4) is 0 Å². The second-order valence-electron chi connectivity index (χ2n) is 3.49. The van der Waals surface area contributed by atoms with E-state index in [2.05, 4.69) is 17.2 Å². The molecule has 1 aliphatic heterocycles. The summed E-state index contributed by atoms with van der Waals surface area (Å²) in [5.74, 6) is -0.464. The van der Waals surface area contributed by atoms with Crippen LogP contribution in [0.15, 0.2) is 36.6 Å². The topological polar surface area (TPSA) is 58.2 Å². The number of carbonyl (C=O) groups is 2. The van der Waals surface area contributed by atoms with Crippen LogP contribution in [0.3, 0.4) is 0 Å². The van der Waals surface area contributed by atoms with Crippen LogP contribution in [-0.4, -0.2) is 17.9 Å².